The summed E-state index contributed by atoms with van der Waals surface area (Å²) >= 11 is 0. The van der Waals surface area contributed by atoms with Gasteiger partial charge in [-0.1, -0.05) is 170 Å². The Kier molecular flexibility index (Phi) is 6.80. The van der Waals surface area contributed by atoms with Gasteiger partial charge in [-0.2, -0.15) is 0 Å². The minimum absolute atomic E-state index is 0.192. The van der Waals surface area contributed by atoms with E-state index in [0.29, 0.717) is 0 Å². The predicted molar refractivity (Wildman–Crippen MR) is 228 cm³/mol. The Hall–Kier alpha value is -7.16. The Morgan fingerprint density at radius 1 is 0.291 bits per heavy atom. The molecule has 0 atom stereocenters. The van der Waals surface area contributed by atoms with E-state index in [1.807, 2.05) is 24.3 Å². The fourth-order valence-electron chi connectivity index (χ4n) is 9.71. The topological polar surface area (TPSA) is 40.5 Å². The molecule has 0 saturated heterocycles. The summed E-state index contributed by atoms with van der Waals surface area (Å²) in [5.41, 5.74) is 9.80. The van der Waals surface area contributed by atoms with E-state index in [9.17, 15) is 10.2 Å². The van der Waals surface area contributed by atoms with E-state index in [2.05, 4.69) is 170 Å². The maximum atomic E-state index is 12.0. The smallest absolute Gasteiger partial charge is 0.116 e. The normalized spacial score (nSPS) is 13.0. The van der Waals surface area contributed by atoms with Crippen molar-refractivity contribution in [3.63, 3.8) is 0 Å². The number of hydrogen-bond donors (Lipinski definition) is 2. The van der Waals surface area contributed by atoms with E-state index in [1.54, 1.807) is 0 Å². The van der Waals surface area contributed by atoms with Crippen LogP contribution < -0.4 is 0 Å². The second-order valence-electron chi connectivity index (χ2n) is 14.7. The SMILES string of the molecule is Oc1cc(C2(c3cc(O)cc4c3ccc3ccccc34)c3c(-c4ccccc4)cccc3-c3cccc(-c4ccccc4)c32)c2ccc3ccccc3c2c1. The fraction of sp³-hybridized carbons (Fsp3) is 0.0189. The zero-order valence-electron chi connectivity index (χ0n) is 29.9. The maximum Gasteiger partial charge on any atom is 0.116 e. The second-order valence-corrected chi connectivity index (χ2v) is 14.7. The fourth-order valence-corrected chi connectivity index (χ4v) is 9.71. The highest BCUT2D eigenvalue weighted by Crippen LogP contribution is 2.63. The molecule has 0 radical (unpaired) electrons. The van der Waals surface area contributed by atoms with Gasteiger partial charge in [-0.15, -0.1) is 0 Å². The van der Waals surface area contributed by atoms with Crippen molar-refractivity contribution < 1.29 is 10.2 Å². The molecule has 10 aromatic rings. The van der Waals surface area contributed by atoms with Gasteiger partial charge in [0.1, 0.15) is 11.5 Å². The lowest BCUT2D eigenvalue weighted by Gasteiger charge is -2.38. The molecule has 2 nitrogen and oxygen atoms in total. The van der Waals surface area contributed by atoms with E-state index in [4.69, 9.17) is 0 Å². The van der Waals surface area contributed by atoms with Crippen LogP contribution in [0.1, 0.15) is 22.3 Å². The highest BCUT2D eigenvalue weighted by atomic mass is 16.3. The summed E-state index contributed by atoms with van der Waals surface area (Å²) in [5.74, 6) is 0.384. The average molecular weight is 703 g/mol. The number of phenolic OH excluding ortho intramolecular Hbond substituents is 2. The lowest BCUT2D eigenvalue weighted by atomic mass is 9.62. The van der Waals surface area contributed by atoms with Crippen LogP contribution >= 0.6 is 0 Å². The molecule has 2 heteroatoms. The number of aromatic hydroxyl groups is 2. The van der Waals surface area contributed by atoms with E-state index in [0.717, 1.165) is 98.7 Å². The third kappa shape index (κ3) is 4.49. The first-order valence-electron chi connectivity index (χ1n) is 18.8. The Labute approximate surface area is 318 Å². The van der Waals surface area contributed by atoms with E-state index in [1.165, 1.54) is 0 Å². The summed E-state index contributed by atoms with van der Waals surface area (Å²) < 4.78 is 0. The number of phenols is 2. The van der Waals surface area contributed by atoms with Crippen molar-refractivity contribution in [2.24, 2.45) is 0 Å². The van der Waals surface area contributed by atoms with Crippen LogP contribution in [-0.2, 0) is 5.41 Å². The van der Waals surface area contributed by atoms with Crippen LogP contribution in [0.25, 0.3) is 76.5 Å². The minimum Gasteiger partial charge on any atom is -0.508 e. The predicted octanol–water partition coefficient (Wildman–Crippen LogP) is 13.4. The highest BCUT2D eigenvalue weighted by Gasteiger charge is 2.51. The quantitative estimate of drug-likeness (QED) is 0.179. The van der Waals surface area contributed by atoms with Crippen molar-refractivity contribution in [2.75, 3.05) is 0 Å². The summed E-state index contributed by atoms with van der Waals surface area (Å²) in [4.78, 5) is 0. The molecule has 0 aromatic heterocycles. The second kappa shape index (κ2) is 11.9. The number of rotatable bonds is 4. The van der Waals surface area contributed by atoms with Crippen molar-refractivity contribution in [2.45, 2.75) is 5.41 Å². The van der Waals surface area contributed by atoms with E-state index < -0.39 is 5.41 Å². The molecule has 1 aliphatic rings. The molecule has 1 aliphatic carbocycles. The number of hydrogen-bond acceptors (Lipinski definition) is 2. The lowest BCUT2D eigenvalue weighted by molar-refractivity contribution is 0.474. The van der Waals surface area contributed by atoms with Crippen molar-refractivity contribution >= 4 is 43.1 Å². The molecule has 0 spiro atoms. The molecule has 55 heavy (non-hydrogen) atoms. The maximum absolute atomic E-state index is 12.0. The Bertz CT molecular complexity index is 2950. The van der Waals surface area contributed by atoms with Gasteiger partial charge in [-0.05, 0) is 123 Å². The van der Waals surface area contributed by atoms with Crippen molar-refractivity contribution in [3.8, 4) is 44.9 Å². The largest absolute Gasteiger partial charge is 0.508 e. The van der Waals surface area contributed by atoms with E-state index >= 15 is 0 Å². The van der Waals surface area contributed by atoms with Gasteiger partial charge in [-0.25, -0.2) is 0 Å². The molecule has 0 fully saturated rings. The first-order chi connectivity index (χ1) is 27.1. The first-order valence-corrected chi connectivity index (χ1v) is 18.8. The number of fused-ring (bicyclic) bond motifs is 9. The van der Waals surface area contributed by atoms with Gasteiger partial charge in [0.15, 0.2) is 0 Å². The molecule has 0 bridgehead atoms. The number of benzene rings is 10. The van der Waals surface area contributed by atoms with Gasteiger partial charge in [-0.3, -0.25) is 0 Å². The molecule has 0 saturated carbocycles. The molecular weight excluding hydrogens is 669 g/mol. The summed E-state index contributed by atoms with van der Waals surface area (Å²) in [5, 5.41) is 32.4. The van der Waals surface area contributed by atoms with Gasteiger partial charge in [0.05, 0.1) is 5.41 Å². The van der Waals surface area contributed by atoms with Crippen LogP contribution in [0.5, 0.6) is 11.5 Å². The van der Waals surface area contributed by atoms with Crippen molar-refractivity contribution in [1.29, 1.82) is 0 Å². The van der Waals surface area contributed by atoms with Gasteiger partial charge < -0.3 is 10.2 Å². The van der Waals surface area contributed by atoms with Crippen LogP contribution in [0.4, 0.5) is 0 Å². The van der Waals surface area contributed by atoms with Gasteiger partial charge in [0.2, 0.25) is 0 Å². The molecule has 258 valence electrons. The molecule has 0 aliphatic heterocycles. The summed E-state index contributed by atoms with van der Waals surface area (Å²) in [6.07, 6.45) is 0. The van der Waals surface area contributed by atoms with Crippen LogP contribution in [0.3, 0.4) is 0 Å². The monoisotopic (exact) mass is 702 g/mol. The molecule has 11 rings (SSSR count). The third-order valence-electron chi connectivity index (χ3n) is 11.8. The Balaban J connectivity index is 1.45. The third-order valence-corrected chi connectivity index (χ3v) is 11.8. The summed E-state index contributed by atoms with van der Waals surface area (Å²) in [6.45, 7) is 0. The van der Waals surface area contributed by atoms with Crippen LogP contribution in [-0.4, -0.2) is 10.2 Å². The molecule has 2 N–H and O–H groups in total. The van der Waals surface area contributed by atoms with Crippen LogP contribution in [0.15, 0.2) is 194 Å². The summed E-state index contributed by atoms with van der Waals surface area (Å²) in [6, 6.07) is 68.0. The van der Waals surface area contributed by atoms with Crippen LogP contribution in [0, 0.1) is 0 Å². The van der Waals surface area contributed by atoms with Gasteiger partial charge in [0, 0.05) is 0 Å². The summed E-state index contributed by atoms with van der Waals surface area (Å²) in [7, 11) is 0. The van der Waals surface area contributed by atoms with Gasteiger partial charge >= 0.3 is 0 Å². The highest BCUT2D eigenvalue weighted by molar-refractivity contribution is 6.14. The zero-order chi connectivity index (χ0) is 36.7. The standard InChI is InChI=1S/C53H34O2/c54-37-29-47-39-19-9-7-17-35(39)25-27-43(47)49(31-37)53(50-32-38(55)30-48-40-20-10-8-18-36(40)26-28-44(48)50)51-41(33-13-3-1-4-14-33)21-11-23-45(51)46-24-12-22-42(52(46)53)34-15-5-2-6-16-34/h1-32,54-55H. The zero-order valence-corrected chi connectivity index (χ0v) is 29.9. The molecular formula is C53H34O2. The Morgan fingerprint density at radius 2 is 0.691 bits per heavy atom. The van der Waals surface area contributed by atoms with Crippen molar-refractivity contribution in [1.82, 2.24) is 0 Å². The van der Waals surface area contributed by atoms with E-state index in [-0.39, 0.29) is 11.5 Å². The molecule has 10 aromatic carbocycles. The Morgan fingerprint density at radius 3 is 1.15 bits per heavy atom. The van der Waals surface area contributed by atoms with Crippen LogP contribution in [0.2, 0.25) is 0 Å². The average Bonchev–Trinajstić information content (AvgIpc) is 3.55. The minimum atomic E-state index is -1.03. The van der Waals surface area contributed by atoms with Gasteiger partial charge in [0.25, 0.3) is 0 Å². The molecule has 0 amide bonds. The van der Waals surface area contributed by atoms with Crippen molar-refractivity contribution in [3.05, 3.63) is 216 Å². The molecule has 0 unspecified atom stereocenters. The lowest BCUT2D eigenvalue weighted by Crippen LogP contribution is -2.31. The molecule has 0 heterocycles. The first kappa shape index (κ1) is 31.4.